The lowest BCUT2D eigenvalue weighted by Crippen LogP contribution is -2.53. The molecule has 3 saturated heterocycles. The molecule has 0 saturated carbocycles. The van der Waals surface area contributed by atoms with E-state index in [1.54, 1.807) is 0 Å². The molecule has 0 spiro atoms. The van der Waals surface area contributed by atoms with Crippen LogP contribution in [0.1, 0.15) is 31.2 Å². The highest BCUT2D eigenvalue weighted by Gasteiger charge is 2.31. The largest absolute Gasteiger partial charge is 0.368 e. The van der Waals surface area contributed by atoms with Gasteiger partial charge in [0, 0.05) is 45.9 Å². The highest BCUT2D eigenvalue weighted by Crippen LogP contribution is 2.22. The van der Waals surface area contributed by atoms with Crippen LogP contribution in [0.2, 0.25) is 0 Å². The van der Waals surface area contributed by atoms with E-state index in [1.165, 1.54) is 5.56 Å². The summed E-state index contributed by atoms with van der Waals surface area (Å²) in [4.78, 5) is 31.3. The zero-order valence-electron chi connectivity index (χ0n) is 17.3. The van der Waals surface area contributed by atoms with Crippen molar-refractivity contribution >= 4 is 11.8 Å². The molecule has 1 aromatic rings. The van der Waals surface area contributed by atoms with Gasteiger partial charge in [-0.1, -0.05) is 30.3 Å². The highest BCUT2D eigenvalue weighted by molar-refractivity contribution is 5.81. The maximum atomic E-state index is 12.7. The molecule has 29 heavy (non-hydrogen) atoms. The van der Waals surface area contributed by atoms with Gasteiger partial charge < -0.3 is 14.5 Å². The van der Waals surface area contributed by atoms with Gasteiger partial charge in [0.05, 0.1) is 6.54 Å². The van der Waals surface area contributed by atoms with Gasteiger partial charge in [0.15, 0.2) is 0 Å². The van der Waals surface area contributed by atoms with E-state index in [9.17, 15) is 9.59 Å². The average molecular weight is 400 g/mol. The minimum Gasteiger partial charge on any atom is -0.368 e. The second kappa shape index (κ2) is 9.72. The van der Waals surface area contributed by atoms with Gasteiger partial charge in [-0.25, -0.2) is 0 Å². The standard InChI is InChI=1S/C23H33N3O3/c27-22(25-10-8-20(9-11-25)17-19-5-2-1-3-6-19)18-24-12-14-26(15-13-24)23(28)21-7-4-16-29-21/h1-3,5-6,20-21H,4,7-18H2. The number of rotatable bonds is 5. The van der Waals surface area contributed by atoms with Gasteiger partial charge in [-0.15, -0.1) is 0 Å². The second-order valence-electron chi connectivity index (χ2n) is 8.62. The molecule has 3 heterocycles. The monoisotopic (exact) mass is 399 g/mol. The number of likely N-dealkylation sites (tertiary alicyclic amines) is 1. The number of carbonyl (C=O) groups is 2. The Morgan fingerprint density at radius 2 is 1.62 bits per heavy atom. The quantitative estimate of drug-likeness (QED) is 0.758. The van der Waals surface area contributed by atoms with Gasteiger partial charge in [0.1, 0.15) is 6.10 Å². The predicted molar refractivity (Wildman–Crippen MR) is 111 cm³/mol. The molecule has 1 aromatic carbocycles. The Kier molecular flexibility index (Phi) is 6.82. The van der Waals surface area contributed by atoms with Crippen LogP contribution in [-0.4, -0.2) is 85.0 Å². The van der Waals surface area contributed by atoms with Crippen molar-refractivity contribution in [3.8, 4) is 0 Å². The molecule has 0 N–H and O–H groups in total. The van der Waals surface area contributed by atoms with Crippen molar-refractivity contribution in [3.05, 3.63) is 35.9 Å². The zero-order chi connectivity index (χ0) is 20.1. The number of hydrogen-bond acceptors (Lipinski definition) is 4. The Balaban J connectivity index is 1.16. The molecular weight excluding hydrogens is 366 g/mol. The molecule has 0 aliphatic carbocycles. The molecule has 3 aliphatic rings. The van der Waals surface area contributed by atoms with Crippen molar-refractivity contribution in [2.45, 2.75) is 38.2 Å². The Morgan fingerprint density at radius 3 is 2.28 bits per heavy atom. The van der Waals surface area contributed by atoms with Crippen molar-refractivity contribution in [2.75, 3.05) is 52.4 Å². The summed E-state index contributed by atoms with van der Waals surface area (Å²) >= 11 is 0. The number of carbonyl (C=O) groups excluding carboxylic acids is 2. The Hall–Kier alpha value is -1.92. The normalized spacial score (nSPS) is 24.1. The number of benzene rings is 1. The van der Waals surface area contributed by atoms with Crippen LogP contribution in [0.5, 0.6) is 0 Å². The van der Waals surface area contributed by atoms with Gasteiger partial charge in [0.25, 0.3) is 5.91 Å². The van der Waals surface area contributed by atoms with Crippen molar-refractivity contribution in [3.63, 3.8) is 0 Å². The Labute approximate surface area is 173 Å². The third-order valence-corrected chi connectivity index (χ3v) is 6.58. The first kappa shape index (κ1) is 20.4. The SMILES string of the molecule is O=C(CN1CCN(C(=O)C2CCCO2)CC1)N1CCC(Cc2ccccc2)CC1. The van der Waals surface area contributed by atoms with Gasteiger partial charge >= 0.3 is 0 Å². The van der Waals surface area contributed by atoms with Crippen LogP contribution < -0.4 is 0 Å². The molecular formula is C23H33N3O3. The summed E-state index contributed by atoms with van der Waals surface area (Å²) in [6, 6.07) is 10.6. The summed E-state index contributed by atoms with van der Waals surface area (Å²) in [5.74, 6) is 1.05. The van der Waals surface area contributed by atoms with E-state index in [0.717, 1.165) is 58.3 Å². The molecule has 3 aliphatic heterocycles. The summed E-state index contributed by atoms with van der Waals surface area (Å²) < 4.78 is 5.52. The van der Waals surface area contributed by atoms with E-state index in [-0.39, 0.29) is 17.9 Å². The van der Waals surface area contributed by atoms with Crippen molar-refractivity contribution in [1.82, 2.24) is 14.7 Å². The predicted octanol–water partition coefficient (Wildman–Crippen LogP) is 1.79. The lowest BCUT2D eigenvalue weighted by molar-refractivity contribution is -0.143. The van der Waals surface area contributed by atoms with Gasteiger partial charge in [-0.2, -0.15) is 0 Å². The molecule has 4 rings (SSSR count). The molecule has 0 bridgehead atoms. The molecule has 2 amide bonds. The molecule has 3 fully saturated rings. The highest BCUT2D eigenvalue weighted by atomic mass is 16.5. The maximum absolute atomic E-state index is 12.7. The second-order valence-corrected chi connectivity index (χ2v) is 8.62. The fraction of sp³-hybridized carbons (Fsp3) is 0.652. The minimum atomic E-state index is -0.236. The van der Waals surface area contributed by atoms with Crippen LogP contribution in [0.3, 0.4) is 0 Å². The fourth-order valence-electron chi connectivity index (χ4n) is 4.73. The van der Waals surface area contributed by atoms with Gasteiger partial charge in [0.2, 0.25) is 5.91 Å². The number of piperazine rings is 1. The average Bonchev–Trinajstić information content (AvgIpc) is 3.30. The van der Waals surface area contributed by atoms with Crippen molar-refractivity contribution in [1.29, 1.82) is 0 Å². The third-order valence-electron chi connectivity index (χ3n) is 6.58. The zero-order valence-corrected chi connectivity index (χ0v) is 17.3. The van der Waals surface area contributed by atoms with Crippen LogP contribution in [0.15, 0.2) is 30.3 Å². The van der Waals surface area contributed by atoms with E-state index in [2.05, 4.69) is 35.2 Å². The van der Waals surface area contributed by atoms with Crippen LogP contribution in [0.4, 0.5) is 0 Å². The van der Waals surface area contributed by atoms with Crippen LogP contribution >= 0.6 is 0 Å². The maximum Gasteiger partial charge on any atom is 0.251 e. The summed E-state index contributed by atoms with van der Waals surface area (Å²) in [5, 5.41) is 0. The Bertz CT molecular complexity index is 674. The topological polar surface area (TPSA) is 53.1 Å². The van der Waals surface area contributed by atoms with E-state index >= 15 is 0 Å². The molecule has 1 unspecified atom stereocenters. The summed E-state index contributed by atoms with van der Waals surface area (Å²) in [6.45, 7) is 5.86. The molecule has 6 nitrogen and oxygen atoms in total. The first-order valence-corrected chi connectivity index (χ1v) is 11.1. The Morgan fingerprint density at radius 1 is 0.897 bits per heavy atom. The lowest BCUT2D eigenvalue weighted by atomic mass is 9.90. The number of ether oxygens (including phenoxy) is 1. The van der Waals surface area contributed by atoms with Crippen LogP contribution in [0, 0.1) is 5.92 Å². The van der Waals surface area contributed by atoms with E-state index < -0.39 is 0 Å². The number of piperidine rings is 1. The number of nitrogens with zero attached hydrogens (tertiary/aromatic N) is 3. The smallest absolute Gasteiger partial charge is 0.251 e. The molecule has 0 radical (unpaired) electrons. The molecule has 1 atom stereocenters. The van der Waals surface area contributed by atoms with E-state index in [4.69, 9.17) is 4.74 Å². The van der Waals surface area contributed by atoms with Crippen LogP contribution in [0.25, 0.3) is 0 Å². The molecule has 158 valence electrons. The molecule has 0 aromatic heterocycles. The first-order chi connectivity index (χ1) is 14.2. The number of hydrogen-bond donors (Lipinski definition) is 0. The van der Waals surface area contributed by atoms with E-state index in [1.807, 2.05) is 9.80 Å². The van der Waals surface area contributed by atoms with Gasteiger partial charge in [-0.05, 0) is 43.6 Å². The number of amides is 2. The third kappa shape index (κ3) is 5.37. The van der Waals surface area contributed by atoms with Crippen molar-refractivity contribution < 1.29 is 14.3 Å². The van der Waals surface area contributed by atoms with Crippen LogP contribution in [-0.2, 0) is 20.7 Å². The molecule has 6 heteroatoms. The summed E-state index contributed by atoms with van der Waals surface area (Å²) in [6.07, 6.45) is 4.88. The fourth-order valence-corrected chi connectivity index (χ4v) is 4.73. The lowest BCUT2D eigenvalue weighted by Gasteiger charge is -2.37. The van der Waals surface area contributed by atoms with Gasteiger partial charge in [-0.3, -0.25) is 14.5 Å². The van der Waals surface area contributed by atoms with E-state index in [0.29, 0.717) is 32.2 Å². The summed E-state index contributed by atoms with van der Waals surface area (Å²) in [7, 11) is 0. The minimum absolute atomic E-state index is 0.133. The van der Waals surface area contributed by atoms with Crippen molar-refractivity contribution in [2.24, 2.45) is 5.92 Å². The first-order valence-electron chi connectivity index (χ1n) is 11.1. The summed E-state index contributed by atoms with van der Waals surface area (Å²) in [5.41, 5.74) is 1.40.